The first kappa shape index (κ1) is 11.0. The molecule has 0 bridgehead atoms. The van der Waals surface area contributed by atoms with Crippen molar-refractivity contribution < 1.29 is 19.7 Å². The van der Waals surface area contributed by atoms with Crippen molar-refractivity contribution in [3.63, 3.8) is 0 Å². The minimum Gasteiger partial charge on any atom is -0.516 e. The molecule has 0 aliphatic heterocycles. The predicted molar refractivity (Wildman–Crippen MR) is 43.6 cm³/mol. The van der Waals surface area contributed by atoms with E-state index in [1.165, 1.54) is 0 Å². The summed E-state index contributed by atoms with van der Waals surface area (Å²) in [6.07, 6.45) is 0.886. The van der Waals surface area contributed by atoms with Crippen LogP contribution in [0.25, 0.3) is 0 Å². The Balaban J connectivity index is 3.72. The van der Waals surface area contributed by atoms with Crippen molar-refractivity contribution in [1.29, 1.82) is 0 Å². The van der Waals surface area contributed by atoms with E-state index in [2.05, 4.69) is 0 Å². The Morgan fingerprint density at radius 2 is 2.25 bits per heavy atom. The third-order valence-corrected chi connectivity index (χ3v) is 1.34. The molecule has 0 saturated heterocycles. The summed E-state index contributed by atoms with van der Waals surface area (Å²) in [5, 5.41) is 17.0. The number of aliphatic hydroxyl groups excluding tert-OH is 2. The lowest BCUT2D eigenvalue weighted by atomic mass is 10.2. The summed E-state index contributed by atoms with van der Waals surface area (Å²) >= 11 is 0. The van der Waals surface area contributed by atoms with E-state index in [9.17, 15) is 4.79 Å². The summed E-state index contributed by atoms with van der Waals surface area (Å²) in [6.45, 7) is 3.05. The molecule has 0 spiro atoms. The molecule has 12 heavy (non-hydrogen) atoms. The molecule has 4 nitrogen and oxygen atoms in total. The van der Waals surface area contributed by atoms with Crippen LogP contribution in [-0.4, -0.2) is 29.4 Å². The first-order chi connectivity index (χ1) is 5.61. The van der Waals surface area contributed by atoms with Crippen LogP contribution in [0, 0.1) is 5.92 Å². The van der Waals surface area contributed by atoms with Gasteiger partial charge in [0.2, 0.25) is 0 Å². The Morgan fingerprint density at radius 3 is 2.67 bits per heavy atom. The molecule has 0 aliphatic carbocycles. The highest BCUT2D eigenvalue weighted by molar-refractivity contribution is 5.72. The second-order valence-corrected chi connectivity index (χ2v) is 2.67. The summed E-state index contributed by atoms with van der Waals surface area (Å²) in [5.74, 6) is -0.963. The fourth-order valence-electron chi connectivity index (χ4n) is 0.439. The maximum Gasteiger partial charge on any atom is 0.311 e. The molecule has 0 fully saturated rings. The molecular weight excluding hydrogens is 160 g/mol. The highest BCUT2D eigenvalue weighted by atomic mass is 16.5. The van der Waals surface area contributed by atoms with Crippen LogP contribution >= 0.6 is 0 Å². The molecule has 0 radical (unpaired) electrons. The highest BCUT2D eigenvalue weighted by Crippen LogP contribution is 1.99. The largest absolute Gasteiger partial charge is 0.516 e. The van der Waals surface area contributed by atoms with Gasteiger partial charge in [-0.3, -0.25) is 4.79 Å². The van der Waals surface area contributed by atoms with Gasteiger partial charge in [-0.05, 0) is 19.4 Å². The van der Waals surface area contributed by atoms with E-state index in [0.29, 0.717) is 5.57 Å². The number of aliphatic hydroxyl groups is 2. The molecule has 0 rings (SSSR count). The van der Waals surface area contributed by atoms with Gasteiger partial charge in [-0.2, -0.15) is 0 Å². The summed E-state index contributed by atoms with van der Waals surface area (Å²) < 4.78 is 4.72. The highest BCUT2D eigenvalue weighted by Gasteiger charge is 2.12. The van der Waals surface area contributed by atoms with Crippen molar-refractivity contribution in [1.82, 2.24) is 0 Å². The monoisotopic (exact) mass is 174 g/mol. The lowest BCUT2D eigenvalue weighted by Gasteiger charge is -2.07. The molecular formula is C8H14O4. The van der Waals surface area contributed by atoms with Gasteiger partial charge in [0.15, 0.2) is 0 Å². The number of carbonyl (C=O) groups excluding carboxylic acids is 1. The smallest absolute Gasteiger partial charge is 0.311 e. The molecule has 0 aromatic carbocycles. The van der Waals surface area contributed by atoms with Crippen LogP contribution in [0.4, 0.5) is 0 Å². The molecule has 0 aromatic heterocycles. The lowest BCUT2D eigenvalue weighted by Crippen LogP contribution is -2.18. The van der Waals surface area contributed by atoms with E-state index in [1.807, 2.05) is 0 Å². The minimum atomic E-state index is -0.503. The van der Waals surface area contributed by atoms with Gasteiger partial charge in [0.1, 0.15) is 6.61 Å². The quantitative estimate of drug-likeness (QED) is 0.484. The average molecular weight is 174 g/mol. The van der Waals surface area contributed by atoms with Crippen molar-refractivity contribution in [2.75, 3.05) is 13.2 Å². The van der Waals surface area contributed by atoms with Gasteiger partial charge in [0.05, 0.1) is 18.8 Å². The average Bonchev–Trinajstić information content (AvgIpc) is 2.11. The van der Waals surface area contributed by atoms with Crippen LogP contribution in [0.15, 0.2) is 11.8 Å². The zero-order valence-corrected chi connectivity index (χ0v) is 7.28. The molecule has 4 heteroatoms. The summed E-state index contributed by atoms with van der Waals surface area (Å²) in [6, 6.07) is 0. The van der Waals surface area contributed by atoms with Gasteiger partial charge in [-0.15, -0.1) is 0 Å². The number of carbonyl (C=O) groups is 1. The normalized spacial score (nSPS) is 14.1. The molecule has 2 N–H and O–H groups in total. The molecule has 70 valence electrons. The predicted octanol–water partition coefficient (Wildman–Crippen LogP) is 0.620. The van der Waals surface area contributed by atoms with E-state index >= 15 is 0 Å². The molecule has 0 heterocycles. The molecule has 0 saturated carbocycles. The van der Waals surface area contributed by atoms with E-state index in [0.717, 1.165) is 6.26 Å². The van der Waals surface area contributed by atoms with Gasteiger partial charge < -0.3 is 14.9 Å². The third-order valence-electron chi connectivity index (χ3n) is 1.34. The van der Waals surface area contributed by atoms with Gasteiger partial charge in [-0.25, -0.2) is 0 Å². The van der Waals surface area contributed by atoms with E-state index in [-0.39, 0.29) is 13.2 Å². The molecule has 0 aliphatic rings. The van der Waals surface area contributed by atoms with Crippen molar-refractivity contribution in [2.24, 2.45) is 5.92 Å². The van der Waals surface area contributed by atoms with Gasteiger partial charge in [0, 0.05) is 0 Å². The van der Waals surface area contributed by atoms with Crippen LogP contribution < -0.4 is 0 Å². The molecule has 1 atom stereocenters. The van der Waals surface area contributed by atoms with E-state index in [1.54, 1.807) is 13.8 Å². The van der Waals surface area contributed by atoms with Crippen molar-refractivity contribution in [3.05, 3.63) is 11.8 Å². The van der Waals surface area contributed by atoms with Gasteiger partial charge in [0.25, 0.3) is 0 Å². The standard InChI is InChI=1S/C8H14O4/c1-6(3-9)5-12-8(11)7(2)4-10/h3,7,9-10H,4-5H2,1-2H3/b6-3-. The second-order valence-electron chi connectivity index (χ2n) is 2.67. The number of hydrogen-bond acceptors (Lipinski definition) is 4. The van der Waals surface area contributed by atoms with Gasteiger partial charge >= 0.3 is 5.97 Å². The zero-order chi connectivity index (χ0) is 9.56. The fourth-order valence-corrected chi connectivity index (χ4v) is 0.439. The maximum absolute atomic E-state index is 10.9. The third kappa shape index (κ3) is 3.98. The van der Waals surface area contributed by atoms with Gasteiger partial charge in [-0.1, -0.05) is 0 Å². The van der Waals surface area contributed by atoms with E-state index < -0.39 is 11.9 Å². The van der Waals surface area contributed by atoms with Crippen LogP contribution in [-0.2, 0) is 9.53 Å². The van der Waals surface area contributed by atoms with Crippen LogP contribution in [0.1, 0.15) is 13.8 Å². The summed E-state index contributed by atoms with van der Waals surface area (Å²) in [5.41, 5.74) is 0.563. The number of hydrogen-bond donors (Lipinski definition) is 2. The fraction of sp³-hybridized carbons (Fsp3) is 0.625. The second kappa shape index (κ2) is 5.60. The Bertz CT molecular complexity index is 174. The summed E-state index contributed by atoms with van der Waals surface area (Å²) in [7, 11) is 0. The first-order valence-electron chi connectivity index (χ1n) is 3.69. The summed E-state index contributed by atoms with van der Waals surface area (Å²) in [4.78, 5) is 10.9. The van der Waals surface area contributed by atoms with Crippen LogP contribution in [0.5, 0.6) is 0 Å². The molecule has 0 aromatic rings. The topological polar surface area (TPSA) is 66.8 Å². The SMILES string of the molecule is C/C(=C/O)COC(=O)C(C)CO. The number of rotatable bonds is 4. The van der Waals surface area contributed by atoms with Crippen molar-refractivity contribution in [2.45, 2.75) is 13.8 Å². The number of esters is 1. The van der Waals surface area contributed by atoms with Crippen LogP contribution in [0.2, 0.25) is 0 Å². The van der Waals surface area contributed by atoms with Crippen molar-refractivity contribution >= 4 is 5.97 Å². The first-order valence-corrected chi connectivity index (χ1v) is 3.69. The Hall–Kier alpha value is -1.03. The Morgan fingerprint density at radius 1 is 1.67 bits per heavy atom. The Labute approximate surface area is 71.5 Å². The van der Waals surface area contributed by atoms with Crippen LogP contribution in [0.3, 0.4) is 0 Å². The maximum atomic E-state index is 10.9. The Kier molecular flexibility index (Phi) is 5.12. The van der Waals surface area contributed by atoms with Crippen molar-refractivity contribution in [3.8, 4) is 0 Å². The van der Waals surface area contributed by atoms with E-state index in [4.69, 9.17) is 14.9 Å². The molecule has 1 unspecified atom stereocenters. The minimum absolute atomic E-state index is 0.0691. The lowest BCUT2D eigenvalue weighted by molar-refractivity contribution is -0.148. The number of ether oxygens (including phenoxy) is 1. The zero-order valence-electron chi connectivity index (χ0n) is 7.28. The molecule has 0 amide bonds.